The summed E-state index contributed by atoms with van der Waals surface area (Å²) >= 11 is 0. The van der Waals surface area contributed by atoms with Gasteiger partial charge in [0.25, 0.3) is 0 Å². The van der Waals surface area contributed by atoms with E-state index in [0.29, 0.717) is 24.1 Å². The van der Waals surface area contributed by atoms with E-state index in [2.05, 4.69) is 33.6 Å². The van der Waals surface area contributed by atoms with Gasteiger partial charge in [-0.15, -0.1) is 0 Å². The predicted molar refractivity (Wildman–Crippen MR) is 117 cm³/mol. The number of hydrogen-bond acceptors (Lipinski definition) is 5. The van der Waals surface area contributed by atoms with E-state index in [4.69, 9.17) is 4.74 Å². The van der Waals surface area contributed by atoms with Crippen molar-refractivity contribution in [3.8, 4) is 22.7 Å². The second kappa shape index (κ2) is 7.83. The van der Waals surface area contributed by atoms with Crippen LogP contribution in [0.15, 0.2) is 65.5 Å². The molecule has 1 saturated carbocycles. The fraction of sp³-hybridized carbons (Fsp3) is 0.250. The minimum atomic E-state index is -0.282. The van der Waals surface area contributed by atoms with Gasteiger partial charge in [0.15, 0.2) is 0 Å². The van der Waals surface area contributed by atoms with Crippen molar-refractivity contribution in [1.29, 1.82) is 0 Å². The first-order valence-electron chi connectivity index (χ1n) is 10.4. The summed E-state index contributed by atoms with van der Waals surface area (Å²) in [5.74, 6) is 1.06. The molecule has 1 aliphatic carbocycles. The van der Waals surface area contributed by atoms with Crippen molar-refractivity contribution in [1.82, 2.24) is 24.8 Å². The molecular formula is C24H23N5O2. The lowest BCUT2D eigenvalue weighted by atomic mass is 10.0. The van der Waals surface area contributed by atoms with Gasteiger partial charge in [-0.3, -0.25) is 0 Å². The van der Waals surface area contributed by atoms with Crippen molar-refractivity contribution in [3.63, 3.8) is 0 Å². The lowest BCUT2D eigenvalue weighted by molar-refractivity contribution is 0.291. The Morgan fingerprint density at radius 2 is 1.81 bits per heavy atom. The summed E-state index contributed by atoms with van der Waals surface area (Å²) in [7, 11) is 1.59. The van der Waals surface area contributed by atoms with Gasteiger partial charge in [0.1, 0.15) is 6.61 Å². The van der Waals surface area contributed by atoms with Crippen molar-refractivity contribution in [3.05, 3.63) is 88.0 Å². The average Bonchev–Trinajstić information content (AvgIpc) is 3.58. The van der Waals surface area contributed by atoms with Crippen LogP contribution in [0.4, 0.5) is 0 Å². The molecule has 31 heavy (non-hydrogen) atoms. The van der Waals surface area contributed by atoms with E-state index in [1.54, 1.807) is 7.05 Å². The maximum absolute atomic E-state index is 12.5. The van der Waals surface area contributed by atoms with Gasteiger partial charge in [0.2, 0.25) is 5.88 Å². The second-order valence-corrected chi connectivity index (χ2v) is 7.85. The molecule has 2 heterocycles. The minimum Gasteiger partial charge on any atom is -0.473 e. The first kappa shape index (κ1) is 19.2. The van der Waals surface area contributed by atoms with Crippen LogP contribution in [0.5, 0.6) is 5.88 Å². The van der Waals surface area contributed by atoms with Crippen LogP contribution in [0.1, 0.15) is 35.6 Å². The molecule has 4 aromatic rings. The Morgan fingerprint density at radius 1 is 1.00 bits per heavy atom. The van der Waals surface area contributed by atoms with E-state index in [-0.39, 0.29) is 5.69 Å². The molecule has 0 N–H and O–H groups in total. The molecule has 7 heteroatoms. The third-order valence-corrected chi connectivity index (χ3v) is 5.66. The number of ether oxygens (including phenoxy) is 1. The largest absolute Gasteiger partial charge is 0.473 e. The Morgan fingerprint density at radius 3 is 2.48 bits per heavy atom. The topological polar surface area (TPSA) is 74.8 Å². The Bertz CT molecular complexity index is 1290. The standard InChI is InChI=1S/C24H23N5O2/c1-16-19(17-7-4-3-5-8-17)13-14-23(25-16)31-15-21-20(18-11-12-18)9-6-10-22(21)29-24(30)28(2)26-27-29/h3-10,13-14,18H,11-12,15H2,1-2H3. The molecule has 0 unspecified atom stereocenters. The van der Waals surface area contributed by atoms with Crippen molar-refractivity contribution < 1.29 is 4.74 Å². The molecule has 2 aromatic heterocycles. The number of hydrogen-bond donors (Lipinski definition) is 0. The Kier molecular flexibility index (Phi) is 4.86. The Hall–Kier alpha value is -3.74. The monoisotopic (exact) mass is 413 g/mol. The highest BCUT2D eigenvalue weighted by molar-refractivity contribution is 5.65. The molecule has 0 bridgehead atoms. The summed E-state index contributed by atoms with van der Waals surface area (Å²) in [6.07, 6.45) is 2.30. The van der Waals surface area contributed by atoms with Crippen LogP contribution in [0.3, 0.4) is 0 Å². The normalized spacial score (nSPS) is 13.4. The lowest BCUT2D eigenvalue weighted by Gasteiger charge is -2.15. The number of rotatable bonds is 6. The molecule has 0 atom stereocenters. The van der Waals surface area contributed by atoms with Gasteiger partial charge in [0, 0.05) is 29.9 Å². The number of pyridine rings is 1. The summed E-state index contributed by atoms with van der Waals surface area (Å²) in [5, 5.41) is 7.88. The number of nitrogens with zero attached hydrogens (tertiary/aromatic N) is 5. The molecule has 0 aliphatic heterocycles. The van der Waals surface area contributed by atoms with Crippen molar-refractivity contribution in [2.24, 2.45) is 7.05 Å². The molecule has 156 valence electrons. The van der Waals surface area contributed by atoms with Crippen LogP contribution >= 0.6 is 0 Å². The average molecular weight is 413 g/mol. The first-order valence-corrected chi connectivity index (χ1v) is 10.4. The van der Waals surface area contributed by atoms with Gasteiger partial charge < -0.3 is 4.74 Å². The number of tetrazole rings is 1. The van der Waals surface area contributed by atoms with Gasteiger partial charge in [-0.05, 0) is 59.4 Å². The van der Waals surface area contributed by atoms with Crippen molar-refractivity contribution in [2.45, 2.75) is 32.3 Å². The molecule has 7 nitrogen and oxygen atoms in total. The van der Waals surface area contributed by atoms with Crippen LogP contribution in [-0.2, 0) is 13.7 Å². The van der Waals surface area contributed by atoms with E-state index in [9.17, 15) is 4.79 Å². The van der Waals surface area contributed by atoms with Gasteiger partial charge >= 0.3 is 5.69 Å². The molecule has 1 fully saturated rings. The highest BCUT2D eigenvalue weighted by Gasteiger charge is 2.28. The number of aryl methyl sites for hydroxylation is 2. The lowest BCUT2D eigenvalue weighted by Crippen LogP contribution is -2.23. The van der Waals surface area contributed by atoms with E-state index < -0.39 is 0 Å². The second-order valence-electron chi connectivity index (χ2n) is 7.85. The highest BCUT2D eigenvalue weighted by atomic mass is 16.5. The third-order valence-electron chi connectivity index (χ3n) is 5.66. The summed E-state index contributed by atoms with van der Waals surface area (Å²) in [6.45, 7) is 2.29. The molecular weight excluding hydrogens is 390 g/mol. The van der Waals surface area contributed by atoms with E-state index in [1.807, 2.05) is 49.4 Å². The SMILES string of the molecule is Cc1nc(OCc2c(C3CC3)cccc2-n2nnn(C)c2=O)ccc1-c1ccccc1. The van der Waals surface area contributed by atoms with Crippen molar-refractivity contribution >= 4 is 0 Å². The summed E-state index contributed by atoms with van der Waals surface area (Å²) in [5.41, 5.74) is 5.70. The Balaban J connectivity index is 1.46. The molecule has 0 saturated heterocycles. The van der Waals surface area contributed by atoms with Crippen LogP contribution < -0.4 is 10.4 Å². The Labute approximate surface area is 179 Å². The van der Waals surface area contributed by atoms with Crippen molar-refractivity contribution in [2.75, 3.05) is 0 Å². The third kappa shape index (κ3) is 3.74. The summed E-state index contributed by atoms with van der Waals surface area (Å²) in [4.78, 5) is 17.1. The van der Waals surface area contributed by atoms with Crippen LogP contribution in [0.25, 0.3) is 16.8 Å². The van der Waals surface area contributed by atoms with Gasteiger partial charge in [-0.2, -0.15) is 9.36 Å². The zero-order chi connectivity index (χ0) is 21.4. The number of aromatic nitrogens is 5. The van der Waals surface area contributed by atoms with E-state index >= 15 is 0 Å². The fourth-order valence-electron chi connectivity index (χ4n) is 3.88. The highest BCUT2D eigenvalue weighted by Crippen LogP contribution is 2.43. The first-order chi connectivity index (χ1) is 15.1. The fourth-order valence-corrected chi connectivity index (χ4v) is 3.88. The molecule has 0 spiro atoms. The summed E-state index contributed by atoms with van der Waals surface area (Å²) in [6, 6.07) is 20.1. The zero-order valence-corrected chi connectivity index (χ0v) is 17.5. The predicted octanol–water partition coefficient (Wildman–Crippen LogP) is 3.79. The molecule has 0 amide bonds. The van der Waals surface area contributed by atoms with E-state index in [1.165, 1.54) is 14.9 Å². The molecule has 1 aliphatic rings. The zero-order valence-electron chi connectivity index (χ0n) is 17.5. The smallest absolute Gasteiger partial charge is 0.368 e. The summed E-state index contributed by atoms with van der Waals surface area (Å²) < 4.78 is 8.67. The van der Waals surface area contributed by atoms with E-state index in [0.717, 1.165) is 35.2 Å². The molecule has 2 aromatic carbocycles. The molecule has 0 radical (unpaired) electrons. The minimum absolute atomic E-state index is 0.282. The van der Waals surface area contributed by atoms with Crippen LogP contribution in [0.2, 0.25) is 0 Å². The van der Waals surface area contributed by atoms with Gasteiger partial charge in [-0.25, -0.2) is 9.78 Å². The van der Waals surface area contributed by atoms with Gasteiger partial charge in [0.05, 0.1) is 5.69 Å². The van der Waals surface area contributed by atoms with Gasteiger partial charge in [-0.1, -0.05) is 42.5 Å². The maximum Gasteiger partial charge on any atom is 0.368 e. The molecule has 5 rings (SSSR count). The maximum atomic E-state index is 12.5. The van der Waals surface area contributed by atoms with Crippen LogP contribution in [-0.4, -0.2) is 24.8 Å². The number of benzene rings is 2. The van der Waals surface area contributed by atoms with Crippen LogP contribution in [0, 0.1) is 6.92 Å². The quantitative estimate of drug-likeness (QED) is 0.481.